The molecule has 2 unspecified atom stereocenters. The number of nitrogens with zero attached hydrogens (tertiary/aromatic N) is 1. The lowest BCUT2D eigenvalue weighted by Crippen LogP contribution is -2.52. The molecule has 1 aromatic rings. The van der Waals surface area contributed by atoms with Gasteiger partial charge in [-0.15, -0.1) is 0 Å². The minimum Gasteiger partial charge on any atom is -0.497 e. The van der Waals surface area contributed by atoms with Gasteiger partial charge in [0.15, 0.2) is 5.78 Å². The molecule has 5 nitrogen and oxygen atoms in total. The van der Waals surface area contributed by atoms with Crippen molar-refractivity contribution in [1.82, 2.24) is 4.90 Å². The molecule has 1 aliphatic rings. The molecular formula is C18H25NO4. The maximum absolute atomic E-state index is 12.4. The van der Waals surface area contributed by atoms with Crippen LogP contribution in [0.3, 0.4) is 0 Å². The molecule has 1 heterocycles. The minimum atomic E-state index is 0.0588. The Kier molecular flexibility index (Phi) is 6.16. The van der Waals surface area contributed by atoms with E-state index in [1.165, 1.54) is 0 Å². The first-order valence-electron chi connectivity index (χ1n) is 8.09. The predicted molar refractivity (Wildman–Crippen MR) is 87.8 cm³/mol. The Hall–Kier alpha value is -1.88. The zero-order valence-electron chi connectivity index (χ0n) is 14.1. The molecule has 0 spiro atoms. The van der Waals surface area contributed by atoms with Crippen molar-refractivity contribution in [2.45, 2.75) is 45.2 Å². The third-order valence-corrected chi connectivity index (χ3v) is 4.16. The fourth-order valence-corrected chi connectivity index (χ4v) is 2.95. The summed E-state index contributed by atoms with van der Waals surface area (Å²) < 4.78 is 10.5. The van der Waals surface area contributed by atoms with Crippen LogP contribution in [0, 0.1) is 0 Å². The molecule has 1 fully saturated rings. The maximum Gasteiger partial charge on any atom is 0.223 e. The largest absolute Gasteiger partial charge is 0.497 e. The third-order valence-electron chi connectivity index (χ3n) is 4.16. The first kappa shape index (κ1) is 17.5. The van der Waals surface area contributed by atoms with E-state index in [9.17, 15) is 9.59 Å². The molecule has 0 radical (unpaired) electrons. The van der Waals surface area contributed by atoms with Crippen molar-refractivity contribution in [2.24, 2.45) is 0 Å². The normalized spacial score (nSPS) is 21.1. The number of rotatable bonds is 6. The number of benzene rings is 1. The van der Waals surface area contributed by atoms with Crippen molar-refractivity contribution in [1.29, 1.82) is 0 Å². The van der Waals surface area contributed by atoms with Gasteiger partial charge in [-0.1, -0.05) is 0 Å². The highest BCUT2D eigenvalue weighted by molar-refractivity contribution is 5.96. The van der Waals surface area contributed by atoms with E-state index in [-0.39, 0.29) is 23.8 Å². The number of ether oxygens (including phenoxy) is 2. The Morgan fingerprint density at radius 1 is 1.13 bits per heavy atom. The van der Waals surface area contributed by atoms with E-state index in [1.54, 1.807) is 31.4 Å². The molecule has 0 saturated carbocycles. The van der Waals surface area contributed by atoms with Gasteiger partial charge in [-0.05, 0) is 44.5 Å². The maximum atomic E-state index is 12.4. The molecule has 0 aromatic heterocycles. The van der Waals surface area contributed by atoms with Crippen LogP contribution in [0.5, 0.6) is 5.75 Å². The van der Waals surface area contributed by atoms with Gasteiger partial charge in [0.05, 0.1) is 32.4 Å². The summed E-state index contributed by atoms with van der Waals surface area (Å²) in [5.41, 5.74) is 0.659. The molecule has 1 aliphatic heterocycles. The van der Waals surface area contributed by atoms with E-state index < -0.39 is 0 Å². The zero-order valence-corrected chi connectivity index (χ0v) is 14.1. The summed E-state index contributed by atoms with van der Waals surface area (Å²) in [5, 5.41) is 0. The van der Waals surface area contributed by atoms with Crippen molar-refractivity contribution in [3.63, 3.8) is 0 Å². The Balaban J connectivity index is 1.81. The fraction of sp³-hybridized carbons (Fsp3) is 0.556. The smallest absolute Gasteiger partial charge is 0.223 e. The van der Waals surface area contributed by atoms with E-state index in [1.807, 2.05) is 18.7 Å². The molecule has 1 aromatic carbocycles. The van der Waals surface area contributed by atoms with Gasteiger partial charge in [0.1, 0.15) is 5.75 Å². The van der Waals surface area contributed by atoms with E-state index in [0.29, 0.717) is 38.0 Å². The number of carbonyl (C=O) groups excluding carboxylic acids is 2. The van der Waals surface area contributed by atoms with Crippen LogP contribution in [0.25, 0.3) is 0 Å². The highest BCUT2D eigenvalue weighted by Gasteiger charge is 2.29. The number of carbonyl (C=O) groups is 2. The van der Waals surface area contributed by atoms with Gasteiger partial charge in [0.25, 0.3) is 0 Å². The van der Waals surface area contributed by atoms with Gasteiger partial charge >= 0.3 is 0 Å². The van der Waals surface area contributed by atoms with Gasteiger partial charge in [0.2, 0.25) is 5.91 Å². The van der Waals surface area contributed by atoms with Crippen LogP contribution in [0.4, 0.5) is 0 Å². The second-order valence-corrected chi connectivity index (χ2v) is 6.04. The van der Waals surface area contributed by atoms with E-state index in [0.717, 1.165) is 5.75 Å². The monoisotopic (exact) mass is 319 g/mol. The van der Waals surface area contributed by atoms with Gasteiger partial charge in [-0.3, -0.25) is 9.59 Å². The predicted octanol–water partition coefficient (Wildman–Crippen LogP) is 2.68. The zero-order chi connectivity index (χ0) is 16.8. The second-order valence-electron chi connectivity index (χ2n) is 6.04. The summed E-state index contributed by atoms with van der Waals surface area (Å²) in [4.78, 5) is 26.4. The van der Waals surface area contributed by atoms with Crippen molar-refractivity contribution in [3.05, 3.63) is 29.8 Å². The molecule has 1 amide bonds. The summed E-state index contributed by atoms with van der Waals surface area (Å²) in [6.07, 6.45) is 1.35. The van der Waals surface area contributed by atoms with Crippen molar-refractivity contribution >= 4 is 11.7 Å². The van der Waals surface area contributed by atoms with Crippen LogP contribution >= 0.6 is 0 Å². The number of morpholine rings is 1. The minimum absolute atomic E-state index is 0.0588. The molecule has 0 N–H and O–H groups in total. The van der Waals surface area contributed by atoms with Crippen molar-refractivity contribution in [3.8, 4) is 5.75 Å². The Morgan fingerprint density at radius 2 is 1.74 bits per heavy atom. The molecule has 0 bridgehead atoms. The summed E-state index contributed by atoms with van der Waals surface area (Å²) in [7, 11) is 1.59. The lowest BCUT2D eigenvalue weighted by molar-refractivity contribution is -0.144. The number of methoxy groups -OCH3 is 1. The quantitative estimate of drug-likeness (QED) is 0.757. The third kappa shape index (κ3) is 4.55. The van der Waals surface area contributed by atoms with E-state index >= 15 is 0 Å². The fourth-order valence-electron chi connectivity index (χ4n) is 2.95. The van der Waals surface area contributed by atoms with Crippen LogP contribution < -0.4 is 4.74 Å². The molecule has 1 saturated heterocycles. The Morgan fingerprint density at radius 3 is 2.30 bits per heavy atom. The summed E-state index contributed by atoms with van der Waals surface area (Å²) in [5.74, 6) is 0.895. The molecule has 23 heavy (non-hydrogen) atoms. The first-order chi connectivity index (χ1) is 11.0. The number of Topliss-reactive ketones (excluding diaryl/α,β-unsaturated/α-hetero) is 1. The molecule has 2 atom stereocenters. The SMILES string of the molecule is COc1ccc(C(=O)CCCC(=O)N2C(C)COCC2C)cc1. The average molecular weight is 319 g/mol. The van der Waals surface area contributed by atoms with Crippen LogP contribution in [-0.4, -0.2) is 49.0 Å². The van der Waals surface area contributed by atoms with Gasteiger partial charge in [-0.25, -0.2) is 0 Å². The average Bonchev–Trinajstić information content (AvgIpc) is 2.54. The lowest BCUT2D eigenvalue weighted by Gasteiger charge is -2.38. The van der Waals surface area contributed by atoms with Crippen LogP contribution in [-0.2, 0) is 9.53 Å². The second kappa shape index (κ2) is 8.11. The van der Waals surface area contributed by atoms with Gasteiger partial charge in [0, 0.05) is 18.4 Å². The number of hydrogen-bond acceptors (Lipinski definition) is 4. The molecule has 0 aliphatic carbocycles. The lowest BCUT2D eigenvalue weighted by atomic mass is 10.0. The molecule has 126 valence electrons. The number of hydrogen-bond donors (Lipinski definition) is 0. The summed E-state index contributed by atoms with van der Waals surface area (Å²) in [6, 6.07) is 7.27. The standard InChI is InChI=1S/C18H25NO4/c1-13-11-23-12-14(2)19(13)18(21)6-4-5-17(20)15-7-9-16(22-3)10-8-15/h7-10,13-14H,4-6,11-12H2,1-3H3. The molecule has 2 rings (SSSR count). The van der Waals surface area contributed by atoms with Crippen LogP contribution in [0.2, 0.25) is 0 Å². The highest BCUT2D eigenvalue weighted by atomic mass is 16.5. The first-order valence-corrected chi connectivity index (χ1v) is 8.09. The number of amides is 1. The highest BCUT2D eigenvalue weighted by Crippen LogP contribution is 2.17. The van der Waals surface area contributed by atoms with Crippen LogP contribution in [0.15, 0.2) is 24.3 Å². The summed E-state index contributed by atoms with van der Waals surface area (Å²) in [6.45, 7) is 5.16. The van der Waals surface area contributed by atoms with Gasteiger partial charge in [-0.2, -0.15) is 0 Å². The summed E-state index contributed by atoms with van der Waals surface area (Å²) >= 11 is 0. The molecule has 5 heteroatoms. The molecular weight excluding hydrogens is 294 g/mol. The van der Waals surface area contributed by atoms with E-state index in [2.05, 4.69) is 0 Å². The topological polar surface area (TPSA) is 55.8 Å². The van der Waals surface area contributed by atoms with Gasteiger partial charge < -0.3 is 14.4 Å². The van der Waals surface area contributed by atoms with E-state index in [4.69, 9.17) is 9.47 Å². The van der Waals surface area contributed by atoms with Crippen molar-refractivity contribution < 1.29 is 19.1 Å². The Labute approximate surface area is 137 Å². The van der Waals surface area contributed by atoms with Crippen LogP contribution in [0.1, 0.15) is 43.5 Å². The van der Waals surface area contributed by atoms with Crippen molar-refractivity contribution in [2.75, 3.05) is 20.3 Å². The number of ketones is 1. The Bertz CT molecular complexity index is 530.